The van der Waals surface area contributed by atoms with E-state index in [0.29, 0.717) is 5.69 Å². The Morgan fingerprint density at radius 2 is 1.70 bits per heavy atom. The average molecular weight is 310 g/mol. The molecule has 0 saturated heterocycles. The molecule has 1 heterocycles. The predicted octanol–water partition coefficient (Wildman–Crippen LogP) is 4.48. The van der Waals surface area contributed by atoms with Crippen molar-refractivity contribution in [3.63, 3.8) is 0 Å². The first-order valence-electron chi connectivity index (χ1n) is 8.49. The van der Waals surface area contributed by atoms with Crippen molar-refractivity contribution in [3.05, 3.63) is 65.0 Å². The Kier molecular flexibility index (Phi) is 6.33. The number of rotatable bonds is 7. The Bertz CT molecular complexity index is 613. The van der Waals surface area contributed by atoms with Crippen LogP contribution in [0.4, 0.5) is 0 Å². The zero-order valence-electron chi connectivity index (χ0n) is 14.3. The highest BCUT2D eigenvalue weighted by atomic mass is 16.1. The van der Waals surface area contributed by atoms with Gasteiger partial charge < -0.3 is 5.32 Å². The summed E-state index contributed by atoms with van der Waals surface area (Å²) in [7, 11) is 0. The number of nitrogens with zero attached hydrogens (tertiary/aromatic N) is 1. The third kappa shape index (κ3) is 4.41. The summed E-state index contributed by atoms with van der Waals surface area (Å²) in [5.74, 6) is -0.119. The van der Waals surface area contributed by atoms with Crippen LogP contribution in [0.1, 0.15) is 66.8 Å². The van der Waals surface area contributed by atoms with Crippen LogP contribution in [0, 0.1) is 0 Å². The van der Waals surface area contributed by atoms with Crippen LogP contribution in [0.2, 0.25) is 0 Å². The Morgan fingerprint density at radius 3 is 2.22 bits per heavy atom. The van der Waals surface area contributed by atoms with Gasteiger partial charge in [-0.15, -0.1) is 0 Å². The molecule has 23 heavy (non-hydrogen) atoms. The molecule has 0 bridgehead atoms. The van der Waals surface area contributed by atoms with Crippen LogP contribution in [-0.2, 0) is 12.8 Å². The fourth-order valence-electron chi connectivity index (χ4n) is 3.04. The number of amides is 1. The lowest BCUT2D eigenvalue weighted by molar-refractivity contribution is 0.0934. The van der Waals surface area contributed by atoms with Gasteiger partial charge in [0.05, 0.1) is 6.04 Å². The molecular formula is C20H26N2O. The molecule has 0 fully saturated rings. The highest BCUT2D eigenvalue weighted by Gasteiger charge is 2.17. The van der Waals surface area contributed by atoms with Gasteiger partial charge in [-0.2, -0.15) is 0 Å². The maximum Gasteiger partial charge on any atom is 0.270 e. The minimum atomic E-state index is -0.119. The summed E-state index contributed by atoms with van der Waals surface area (Å²) < 4.78 is 0. The van der Waals surface area contributed by atoms with Gasteiger partial charge in [0.2, 0.25) is 0 Å². The van der Waals surface area contributed by atoms with Gasteiger partial charge in [0.1, 0.15) is 5.69 Å². The molecule has 0 spiro atoms. The molecule has 1 N–H and O–H groups in total. The van der Waals surface area contributed by atoms with Gasteiger partial charge in [-0.05, 0) is 48.6 Å². The van der Waals surface area contributed by atoms with Crippen molar-refractivity contribution in [3.8, 4) is 0 Å². The van der Waals surface area contributed by atoms with Crippen molar-refractivity contribution >= 4 is 5.91 Å². The number of aryl methyl sites for hydroxylation is 2. The number of carbonyl (C=O) groups is 1. The molecule has 0 aliphatic heterocycles. The van der Waals surface area contributed by atoms with Crippen LogP contribution >= 0.6 is 0 Å². The monoisotopic (exact) mass is 310 g/mol. The molecule has 1 aromatic heterocycles. The van der Waals surface area contributed by atoms with Gasteiger partial charge in [-0.25, -0.2) is 0 Å². The fourth-order valence-corrected chi connectivity index (χ4v) is 3.04. The van der Waals surface area contributed by atoms with E-state index in [0.717, 1.165) is 25.7 Å². The van der Waals surface area contributed by atoms with Crippen LogP contribution in [0.25, 0.3) is 0 Å². The lowest BCUT2D eigenvalue weighted by Crippen LogP contribution is -2.28. The van der Waals surface area contributed by atoms with Crippen molar-refractivity contribution in [1.82, 2.24) is 10.3 Å². The highest BCUT2D eigenvalue weighted by molar-refractivity contribution is 5.92. The lowest BCUT2D eigenvalue weighted by Gasteiger charge is -2.21. The normalized spacial score (nSPS) is 12.0. The smallest absolute Gasteiger partial charge is 0.270 e. The summed E-state index contributed by atoms with van der Waals surface area (Å²) >= 11 is 0. The number of aromatic nitrogens is 1. The van der Waals surface area contributed by atoms with Crippen molar-refractivity contribution in [2.75, 3.05) is 0 Å². The fraction of sp³-hybridized carbons (Fsp3) is 0.400. The predicted molar refractivity (Wildman–Crippen MR) is 94.6 cm³/mol. The number of hydrogen-bond donors (Lipinski definition) is 1. The molecule has 2 rings (SSSR count). The van der Waals surface area contributed by atoms with Crippen molar-refractivity contribution in [2.45, 2.75) is 52.5 Å². The van der Waals surface area contributed by atoms with E-state index in [4.69, 9.17) is 0 Å². The number of nitrogens with one attached hydrogen (secondary N) is 1. The molecule has 0 radical (unpaired) electrons. The van der Waals surface area contributed by atoms with E-state index in [1.54, 1.807) is 12.3 Å². The summed E-state index contributed by atoms with van der Waals surface area (Å²) in [6.07, 6.45) is 5.92. The first-order valence-corrected chi connectivity index (χ1v) is 8.49. The van der Waals surface area contributed by atoms with Crippen LogP contribution in [-0.4, -0.2) is 10.9 Å². The Labute approximate surface area is 139 Å². The van der Waals surface area contributed by atoms with Gasteiger partial charge in [0, 0.05) is 6.20 Å². The number of carbonyl (C=O) groups excluding carboxylic acids is 1. The minimum absolute atomic E-state index is 0.0196. The van der Waals surface area contributed by atoms with E-state index in [2.05, 4.69) is 49.3 Å². The Hall–Kier alpha value is -2.16. The van der Waals surface area contributed by atoms with Crippen molar-refractivity contribution in [2.24, 2.45) is 0 Å². The van der Waals surface area contributed by atoms with Gasteiger partial charge >= 0.3 is 0 Å². The van der Waals surface area contributed by atoms with Gasteiger partial charge in [0.15, 0.2) is 0 Å². The van der Waals surface area contributed by atoms with Gasteiger partial charge in [-0.3, -0.25) is 9.78 Å². The summed E-state index contributed by atoms with van der Waals surface area (Å²) in [4.78, 5) is 16.5. The molecule has 2 aromatic rings. The van der Waals surface area contributed by atoms with Crippen LogP contribution in [0.5, 0.6) is 0 Å². The molecular weight excluding hydrogens is 284 g/mol. The molecule has 1 aromatic carbocycles. The largest absolute Gasteiger partial charge is 0.344 e. The lowest BCUT2D eigenvalue weighted by atomic mass is 9.91. The van der Waals surface area contributed by atoms with Gasteiger partial charge in [-0.1, -0.05) is 51.0 Å². The van der Waals surface area contributed by atoms with Crippen molar-refractivity contribution < 1.29 is 4.79 Å². The highest BCUT2D eigenvalue weighted by Crippen LogP contribution is 2.25. The topological polar surface area (TPSA) is 42.0 Å². The average Bonchev–Trinajstić information content (AvgIpc) is 2.56. The summed E-state index contributed by atoms with van der Waals surface area (Å²) in [6, 6.07) is 11.9. The molecule has 0 aliphatic rings. The van der Waals surface area contributed by atoms with E-state index in [1.807, 2.05) is 12.1 Å². The maximum atomic E-state index is 12.4. The molecule has 1 amide bonds. The summed E-state index contributed by atoms with van der Waals surface area (Å²) in [6.45, 7) is 6.44. The zero-order chi connectivity index (χ0) is 16.7. The van der Waals surface area contributed by atoms with E-state index in [1.165, 1.54) is 16.7 Å². The number of pyridine rings is 1. The first-order chi connectivity index (χ1) is 11.2. The third-order valence-electron chi connectivity index (χ3n) is 4.00. The van der Waals surface area contributed by atoms with Crippen LogP contribution in [0.15, 0.2) is 42.6 Å². The summed E-state index contributed by atoms with van der Waals surface area (Å²) in [5, 5.41) is 3.11. The van der Waals surface area contributed by atoms with E-state index in [-0.39, 0.29) is 11.9 Å². The summed E-state index contributed by atoms with van der Waals surface area (Å²) in [5.41, 5.74) is 4.42. The molecule has 122 valence electrons. The molecule has 3 heteroatoms. The Morgan fingerprint density at radius 1 is 1.04 bits per heavy atom. The standard InChI is InChI=1S/C20H26N2O/c1-4-9-16-11-8-12-17(10-5-2)19(16)15(3)22-20(23)18-13-6-7-14-21-18/h6-8,11-15H,4-5,9-10H2,1-3H3,(H,22,23). The molecule has 1 unspecified atom stereocenters. The van der Waals surface area contributed by atoms with E-state index >= 15 is 0 Å². The van der Waals surface area contributed by atoms with Gasteiger partial charge in [0.25, 0.3) is 5.91 Å². The van der Waals surface area contributed by atoms with E-state index in [9.17, 15) is 4.79 Å². The van der Waals surface area contributed by atoms with Crippen LogP contribution in [0.3, 0.4) is 0 Å². The maximum absolute atomic E-state index is 12.4. The third-order valence-corrected chi connectivity index (χ3v) is 4.00. The first kappa shape index (κ1) is 17.2. The number of benzene rings is 1. The second-order valence-corrected chi connectivity index (χ2v) is 5.90. The van der Waals surface area contributed by atoms with E-state index < -0.39 is 0 Å². The number of hydrogen-bond acceptors (Lipinski definition) is 2. The molecule has 1 atom stereocenters. The SMILES string of the molecule is CCCc1cccc(CCC)c1C(C)NC(=O)c1ccccn1. The Balaban J connectivity index is 2.26. The van der Waals surface area contributed by atoms with Crippen molar-refractivity contribution in [1.29, 1.82) is 0 Å². The molecule has 3 nitrogen and oxygen atoms in total. The second kappa shape index (κ2) is 8.47. The minimum Gasteiger partial charge on any atom is -0.344 e. The molecule has 0 aliphatic carbocycles. The second-order valence-electron chi connectivity index (χ2n) is 5.90. The molecule has 0 saturated carbocycles. The zero-order valence-corrected chi connectivity index (χ0v) is 14.3. The van der Waals surface area contributed by atoms with Crippen LogP contribution < -0.4 is 5.32 Å². The quantitative estimate of drug-likeness (QED) is 0.819.